The Morgan fingerprint density at radius 3 is 2.08 bits per heavy atom. The summed E-state index contributed by atoms with van der Waals surface area (Å²) in [6.45, 7) is 5.60. The van der Waals surface area contributed by atoms with Crippen LogP contribution in [0.3, 0.4) is 0 Å². The lowest BCUT2D eigenvalue weighted by Gasteiger charge is -2.40. The van der Waals surface area contributed by atoms with Gasteiger partial charge >= 0.3 is 0 Å². The molecule has 1 heterocycles. The molecular weight excluding hydrogens is 474 g/mol. The van der Waals surface area contributed by atoms with Gasteiger partial charge in [0.15, 0.2) is 0 Å². The predicted octanol–water partition coefficient (Wildman–Crippen LogP) is 4.63. The number of ether oxygens (including phenoxy) is 1. The SMILES string of the molecule is CC(=O)N1CCC(N(CCCOc2ccccc2CC(N)=O)CC(c2ccccc2)c2ccccc2)CC1. The zero-order chi connectivity index (χ0) is 26.7. The lowest BCUT2D eigenvalue weighted by molar-refractivity contribution is -0.130. The molecular formula is C32H39N3O3. The van der Waals surface area contributed by atoms with Crippen LogP contribution in [0.2, 0.25) is 0 Å². The summed E-state index contributed by atoms with van der Waals surface area (Å²) in [7, 11) is 0. The van der Waals surface area contributed by atoms with Gasteiger partial charge < -0.3 is 15.4 Å². The van der Waals surface area contributed by atoms with Crippen LogP contribution in [0, 0.1) is 0 Å². The minimum absolute atomic E-state index is 0.157. The summed E-state index contributed by atoms with van der Waals surface area (Å²) < 4.78 is 6.11. The molecule has 0 spiro atoms. The van der Waals surface area contributed by atoms with Crippen LogP contribution in [0.1, 0.15) is 48.8 Å². The third-order valence-electron chi connectivity index (χ3n) is 7.43. The molecule has 0 aliphatic carbocycles. The van der Waals surface area contributed by atoms with Gasteiger partial charge in [0.1, 0.15) is 5.75 Å². The lowest BCUT2D eigenvalue weighted by Crippen LogP contribution is -2.47. The molecule has 1 saturated heterocycles. The first-order valence-corrected chi connectivity index (χ1v) is 13.6. The van der Waals surface area contributed by atoms with E-state index in [0.29, 0.717) is 12.6 Å². The third-order valence-corrected chi connectivity index (χ3v) is 7.43. The number of likely N-dealkylation sites (tertiary alicyclic amines) is 1. The van der Waals surface area contributed by atoms with Crippen LogP contribution in [0.25, 0.3) is 0 Å². The number of nitrogens with two attached hydrogens (primary N) is 1. The Morgan fingerprint density at radius 2 is 1.50 bits per heavy atom. The van der Waals surface area contributed by atoms with Crippen molar-refractivity contribution in [3.8, 4) is 5.75 Å². The van der Waals surface area contributed by atoms with Crippen molar-refractivity contribution in [3.05, 3.63) is 102 Å². The number of carbonyl (C=O) groups is 2. The van der Waals surface area contributed by atoms with Crippen molar-refractivity contribution in [1.29, 1.82) is 0 Å². The highest BCUT2D eigenvalue weighted by Gasteiger charge is 2.28. The molecule has 0 aromatic heterocycles. The van der Waals surface area contributed by atoms with E-state index in [9.17, 15) is 9.59 Å². The van der Waals surface area contributed by atoms with E-state index in [4.69, 9.17) is 10.5 Å². The molecule has 0 atom stereocenters. The Kier molecular flexibility index (Phi) is 9.93. The maximum absolute atomic E-state index is 11.9. The summed E-state index contributed by atoms with van der Waals surface area (Å²) >= 11 is 0. The van der Waals surface area contributed by atoms with Crippen molar-refractivity contribution >= 4 is 11.8 Å². The van der Waals surface area contributed by atoms with E-state index in [1.807, 2.05) is 29.2 Å². The van der Waals surface area contributed by atoms with Crippen LogP contribution >= 0.6 is 0 Å². The summed E-state index contributed by atoms with van der Waals surface area (Å²) in [6.07, 6.45) is 2.97. The quantitative estimate of drug-likeness (QED) is 0.359. The van der Waals surface area contributed by atoms with Gasteiger partial charge in [0.05, 0.1) is 13.0 Å². The predicted molar refractivity (Wildman–Crippen MR) is 151 cm³/mol. The zero-order valence-electron chi connectivity index (χ0n) is 22.3. The number of amides is 2. The fraction of sp³-hybridized carbons (Fsp3) is 0.375. The molecule has 1 aliphatic heterocycles. The molecule has 0 saturated carbocycles. The summed E-state index contributed by atoms with van der Waals surface area (Å²) in [6, 6.07) is 29.4. The minimum Gasteiger partial charge on any atom is -0.493 e. The molecule has 3 aromatic carbocycles. The average Bonchev–Trinajstić information content (AvgIpc) is 2.94. The topological polar surface area (TPSA) is 75.9 Å². The van der Waals surface area contributed by atoms with Gasteiger partial charge in [-0.25, -0.2) is 0 Å². The monoisotopic (exact) mass is 513 g/mol. The van der Waals surface area contributed by atoms with E-state index >= 15 is 0 Å². The van der Waals surface area contributed by atoms with Crippen LogP contribution in [0.4, 0.5) is 0 Å². The normalized spacial score (nSPS) is 14.1. The van der Waals surface area contributed by atoms with Gasteiger partial charge in [0, 0.05) is 50.6 Å². The fourth-order valence-electron chi connectivity index (χ4n) is 5.41. The van der Waals surface area contributed by atoms with Crippen LogP contribution < -0.4 is 10.5 Å². The Labute approximate surface area is 226 Å². The molecule has 0 unspecified atom stereocenters. The van der Waals surface area contributed by atoms with E-state index in [-0.39, 0.29) is 24.2 Å². The van der Waals surface area contributed by atoms with Crippen LogP contribution in [-0.4, -0.2) is 60.4 Å². The van der Waals surface area contributed by atoms with Crippen LogP contribution in [0.15, 0.2) is 84.9 Å². The van der Waals surface area contributed by atoms with Gasteiger partial charge in [-0.05, 0) is 36.5 Å². The number of hydrogen-bond acceptors (Lipinski definition) is 4. The molecule has 2 amide bonds. The van der Waals surface area contributed by atoms with Crippen molar-refractivity contribution in [3.63, 3.8) is 0 Å². The van der Waals surface area contributed by atoms with E-state index in [0.717, 1.165) is 56.8 Å². The first kappa shape index (κ1) is 27.4. The third kappa shape index (κ3) is 7.68. The summed E-state index contributed by atoms with van der Waals surface area (Å²) in [4.78, 5) is 27.9. The Morgan fingerprint density at radius 1 is 0.921 bits per heavy atom. The molecule has 3 aromatic rings. The van der Waals surface area contributed by atoms with E-state index < -0.39 is 0 Å². The Balaban J connectivity index is 1.47. The fourth-order valence-corrected chi connectivity index (χ4v) is 5.41. The first-order valence-electron chi connectivity index (χ1n) is 13.6. The van der Waals surface area contributed by atoms with Crippen molar-refractivity contribution in [1.82, 2.24) is 9.80 Å². The number of rotatable bonds is 12. The van der Waals surface area contributed by atoms with Gasteiger partial charge in [0.2, 0.25) is 11.8 Å². The maximum Gasteiger partial charge on any atom is 0.221 e. The number of primary amides is 1. The molecule has 0 bridgehead atoms. The Bertz CT molecular complexity index is 1120. The second-order valence-electron chi connectivity index (χ2n) is 10.1. The number of nitrogens with zero attached hydrogens (tertiary/aromatic N) is 2. The van der Waals surface area contributed by atoms with E-state index in [1.165, 1.54) is 11.1 Å². The van der Waals surface area contributed by atoms with Gasteiger partial charge in [-0.15, -0.1) is 0 Å². The van der Waals surface area contributed by atoms with Crippen molar-refractivity contribution in [2.45, 2.75) is 44.6 Å². The number of benzene rings is 3. The smallest absolute Gasteiger partial charge is 0.221 e. The lowest BCUT2D eigenvalue weighted by atomic mass is 9.89. The van der Waals surface area contributed by atoms with Crippen molar-refractivity contribution in [2.24, 2.45) is 5.73 Å². The summed E-state index contributed by atoms with van der Waals surface area (Å²) in [5, 5.41) is 0. The molecule has 1 aliphatic rings. The molecule has 6 heteroatoms. The zero-order valence-corrected chi connectivity index (χ0v) is 22.3. The van der Waals surface area contributed by atoms with E-state index in [1.54, 1.807) is 6.92 Å². The standard InChI is InChI=1S/C32H39N3O3/c1-25(36)34-20-17-29(18-21-34)35(19-10-22-38-31-16-9-8-15-28(31)23-32(33)37)24-30(26-11-4-2-5-12-26)27-13-6-3-7-14-27/h2-9,11-16,29-30H,10,17-24H2,1H3,(H2,33,37). The summed E-state index contributed by atoms with van der Waals surface area (Å²) in [5.74, 6) is 0.765. The van der Waals surface area contributed by atoms with Crippen molar-refractivity contribution in [2.75, 3.05) is 32.8 Å². The van der Waals surface area contributed by atoms with Gasteiger partial charge in [-0.2, -0.15) is 0 Å². The van der Waals surface area contributed by atoms with Gasteiger partial charge in [0.25, 0.3) is 0 Å². The van der Waals surface area contributed by atoms with Gasteiger partial charge in [-0.1, -0.05) is 78.9 Å². The number of hydrogen-bond donors (Lipinski definition) is 1. The molecule has 0 radical (unpaired) electrons. The second kappa shape index (κ2) is 13.8. The number of piperidine rings is 1. The minimum atomic E-state index is -0.364. The maximum atomic E-state index is 11.9. The van der Waals surface area contributed by atoms with E-state index in [2.05, 4.69) is 65.6 Å². The highest BCUT2D eigenvalue weighted by atomic mass is 16.5. The number of para-hydroxylation sites is 1. The molecule has 1 fully saturated rings. The van der Waals surface area contributed by atoms with Crippen LogP contribution in [0.5, 0.6) is 5.75 Å². The first-order chi connectivity index (χ1) is 18.5. The number of carbonyl (C=O) groups excluding carboxylic acids is 2. The highest BCUT2D eigenvalue weighted by molar-refractivity contribution is 5.77. The largest absolute Gasteiger partial charge is 0.493 e. The Hall–Kier alpha value is -3.64. The van der Waals surface area contributed by atoms with Gasteiger partial charge in [-0.3, -0.25) is 14.5 Å². The summed E-state index contributed by atoms with van der Waals surface area (Å²) in [5.41, 5.74) is 8.85. The second-order valence-corrected chi connectivity index (χ2v) is 10.1. The highest BCUT2D eigenvalue weighted by Crippen LogP contribution is 2.28. The van der Waals surface area contributed by atoms with Crippen LogP contribution in [-0.2, 0) is 16.0 Å². The molecule has 2 N–H and O–H groups in total. The molecule has 4 rings (SSSR count). The molecule has 200 valence electrons. The molecule has 6 nitrogen and oxygen atoms in total. The van der Waals surface area contributed by atoms with Crippen molar-refractivity contribution < 1.29 is 14.3 Å². The molecule has 38 heavy (non-hydrogen) atoms. The average molecular weight is 514 g/mol.